The largest absolute Gasteiger partial charge is 0.493 e. The van der Waals surface area contributed by atoms with Crippen molar-refractivity contribution >= 4 is 21.6 Å². The van der Waals surface area contributed by atoms with E-state index in [1.165, 1.54) is 32.4 Å². The fraction of sp³-hybridized carbons (Fsp3) is 0.280. The number of sulfonamides is 1. The number of ether oxygens (including phenoxy) is 3. The number of benzene rings is 2. The Kier molecular flexibility index (Phi) is 7.40. The van der Waals surface area contributed by atoms with Gasteiger partial charge in [0, 0.05) is 24.0 Å². The maximum Gasteiger partial charge on any atom is 0.262 e. The molecule has 184 valence electrons. The molecule has 1 aliphatic carbocycles. The van der Waals surface area contributed by atoms with Crippen molar-refractivity contribution in [2.75, 3.05) is 18.9 Å². The van der Waals surface area contributed by atoms with Gasteiger partial charge in [-0.05, 0) is 61.4 Å². The lowest BCUT2D eigenvalue weighted by atomic mass is 10.2. The van der Waals surface area contributed by atoms with E-state index in [0.717, 1.165) is 25.7 Å². The second kappa shape index (κ2) is 10.6. The number of hydrogen-bond donors (Lipinski definition) is 2. The molecule has 2 N–H and O–H groups in total. The van der Waals surface area contributed by atoms with Crippen LogP contribution in [0.4, 0.5) is 5.69 Å². The molecule has 1 aliphatic rings. The van der Waals surface area contributed by atoms with Crippen LogP contribution in [0.2, 0.25) is 0 Å². The zero-order valence-electron chi connectivity index (χ0n) is 19.5. The van der Waals surface area contributed by atoms with Gasteiger partial charge < -0.3 is 19.5 Å². The SMILES string of the molecule is COc1ccc(S(=O)(=O)Nc2ccc(Oc3ncccc3C(=O)NC3CCCC3)cc2)cc1OC. The summed E-state index contributed by atoms with van der Waals surface area (Å²) in [6.45, 7) is 0. The Morgan fingerprint density at radius 3 is 2.37 bits per heavy atom. The van der Waals surface area contributed by atoms with Gasteiger partial charge in [-0.3, -0.25) is 9.52 Å². The van der Waals surface area contributed by atoms with Gasteiger partial charge in [-0.25, -0.2) is 13.4 Å². The lowest BCUT2D eigenvalue weighted by Gasteiger charge is -2.14. The molecule has 1 amide bonds. The van der Waals surface area contributed by atoms with Crippen molar-refractivity contribution in [1.82, 2.24) is 10.3 Å². The molecule has 0 radical (unpaired) electrons. The third-order valence-corrected chi connectivity index (χ3v) is 7.07. The molecule has 1 fully saturated rings. The minimum Gasteiger partial charge on any atom is -0.493 e. The number of nitrogens with one attached hydrogen (secondary N) is 2. The first kappa shape index (κ1) is 24.3. The third-order valence-electron chi connectivity index (χ3n) is 5.69. The maximum atomic E-state index is 12.8. The van der Waals surface area contributed by atoms with Crippen molar-refractivity contribution in [2.24, 2.45) is 0 Å². The first-order valence-corrected chi connectivity index (χ1v) is 12.7. The fourth-order valence-corrected chi connectivity index (χ4v) is 4.95. The number of amides is 1. The molecular weight excluding hydrogens is 470 g/mol. The first-order valence-electron chi connectivity index (χ1n) is 11.2. The fourth-order valence-electron chi connectivity index (χ4n) is 3.88. The van der Waals surface area contributed by atoms with Crippen molar-refractivity contribution in [3.8, 4) is 23.1 Å². The number of anilines is 1. The van der Waals surface area contributed by atoms with E-state index in [9.17, 15) is 13.2 Å². The van der Waals surface area contributed by atoms with Gasteiger partial charge in [0.25, 0.3) is 15.9 Å². The van der Waals surface area contributed by atoms with Crippen LogP contribution in [-0.2, 0) is 10.0 Å². The molecule has 2 aromatic carbocycles. The van der Waals surface area contributed by atoms with Gasteiger partial charge in [0.1, 0.15) is 11.3 Å². The topological polar surface area (TPSA) is 116 Å². The van der Waals surface area contributed by atoms with E-state index in [1.54, 1.807) is 42.6 Å². The Balaban J connectivity index is 1.46. The number of rotatable bonds is 9. The lowest BCUT2D eigenvalue weighted by Crippen LogP contribution is -2.32. The molecule has 1 saturated carbocycles. The Bertz CT molecular complexity index is 1290. The van der Waals surface area contributed by atoms with E-state index in [-0.39, 0.29) is 22.7 Å². The Hall–Kier alpha value is -3.79. The molecule has 9 nitrogen and oxygen atoms in total. The van der Waals surface area contributed by atoms with Gasteiger partial charge in [0.2, 0.25) is 5.88 Å². The summed E-state index contributed by atoms with van der Waals surface area (Å²) in [5.74, 6) is 1.11. The van der Waals surface area contributed by atoms with Crippen molar-refractivity contribution in [2.45, 2.75) is 36.6 Å². The summed E-state index contributed by atoms with van der Waals surface area (Å²) in [4.78, 5) is 17.0. The van der Waals surface area contributed by atoms with Gasteiger partial charge in [0.05, 0.1) is 19.1 Å². The highest BCUT2D eigenvalue weighted by molar-refractivity contribution is 7.92. The molecule has 4 rings (SSSR count). The van der Waals surface area contributed by atoms with Crippen LogP contribution in [0.25, 0.3) is 0 Å². The van der Waals surface area contributed by atoms with Crippen LogP contribution >= 0.6 is 0 Å². The van der Waals surface area contributed by atoms with Crippen molar-refractivity contribution in [3.05, 3.63) is 66.4 Å². The van der Waals surface area contributed by atoms with Crippen LogP contribution in [0.1, 0.15) is 36.0 Å². The molecule has 35 heavy (non-hydrogen) atoms. The van der Waals surface area contributed by atoms with E-state index < -0.39 is 10.0 Å². The standard InChI is InChI=1S/C25H27N3O6S/c1-32-22-14-13-20(16-23(22)33-2)35(30,31)28-18-9-11-19(12-10-18)34-25-21(8-5-15-26-25)24(29)27-17-6-3-4-7-17/h5,8-17,28H,3-4,6-7H2,1-2H3,(H,27,29). The summed E-state index contributed by atoms with van der Waals surface area (Å²) in [5.41, 5.74) is 0.685. The maximum absolute atomic E-state index is 12.8. The molecule has 1 aromatic heterocycles. The van der Waals surface area contributed by atoms with Crippen molar-refractivity contribution < 1.29 is 27.4 Å². The molecule has 0 aliphatic heterocycles. The minimum atomic E-state index is -3.86. The minimum absolute atomic E-state index is 0.0295. The first-order chi connectivity index (χ1) is 16.9. The molecule has 0 atom stereocenters. The number of aromatic nitrogens is 1. The summed E-state index contributed by atoms with van der Waals surface area (Å²) in [6.07, 6.45) is 5.73. The van der Waals surface area contributed by atoms with E-state index in [4.69, 9.17) is 14.2 Å². The van der Waals surface area contributed by atoms with Gasteiger partial charge in [-0.1, -0.05) is 12.8 Å². The van der Waals surface area contributed by atoms with Gasteiger partial charge in [0.15, 0.2) is 11.5 Å². The molecule has 3 aromatic rings. The predicted molar refractivity (Wildman–Crippen MR) is 131 cm³/mol. The third kappa shape index (κ3) is 5.83. The molecule has 0 spiro atoms. The highest BCUT2D eigenvalue weighted by atomic mass is 32.2. The molecule has 0 saturated heterocycles. The van der Waals surface area contributed by atoms with Crippen LogP contribution in [0.3, 0.4) is 0 Å². The van der Waals surface area contributed by atoms with Crippen LogP contribution in [0, 0.1) is 0 Å². The van der Waals surface area contributed by atoms with Gasteiger partial charge in [-0.15, -0.1) is 0 Å². The highest BCUT2D eigenvalue weighted by Gasteiger charge is 2.21. The Morgan fingerprint density at radius 1 is 0.971 bits per heavy atom. The summed E-state index contributed by atoms with van der Waals surface area (Å²) >= 11 is 0. The number of carbonyl (C=O) groups is 1. The van der Waals surface area contributed by atoms with E-state index >= 15 is 0 Å². The van der Waals surface area contributed by atoms with Gasteiger partial charge >= 0.3 is 0 Å². The van der Waals surface area contributed by atoms with Crippen LogP contribution < -0.4 is 24.2 Å². The van der Waals surface area contributed by atoms with Gasteiger partial charge in [-0.2, -0.15) is 0 Å². The van der Waals surface area contributed by atoms with E-state index in [1.807, 2.05) is 0 Å². The second-order valence-electron chi connectivity index (χ2n) is 8.06. The van der Waals surface area contributed by atoms with Crippen molar-refractivity contribution in [1.29, 1.82) is 0 Å². The van der Waals surface area contributed by atoms with Crippen LogP contribution in [-0.4, -0.2) is 39.6 Å². The highest BCUT2D eigenvalue weighted by Crippen LogP contribution is 2.31. The zero-order chi connectivity index (χ0) is 24.8. The quantitative estimate of drug-likeness (QED) is 0.451. The number of methoxy groups -OCH3 is 2. The molecule has 10 heteroatoms. The molecule has 1 heterocycles. The molecule has 0 bridgehead atoms. The average Bonchev–Trinajstić information content (AvgIpc) is 3.38. The summed E-state index contributed by atoms with van der Waals surface area (Å²) < 4.78 is 44.3. The predicted octanol–water partition coefficient (Wildman–Crippen LogP) is 4.36. The second-order valence-corrected chi connectivity index (χ2v) is 9.74. The average molecular weight is 498 g/mol. The number of pyridine rings is 1. The number of hydrogen-bond acceptors (Lipinski definition) is 7. The number of carbonyl (C=O) groups excluding carboxylic acids is 1. The van der Waals surface area contributed by atoms with E-state index in [0.29, 0.717) is 28.5 Å². The smallest absolute Gasteiger partial charge is 0.262 e. The van der Waals surface area contributed by atoms with Crippen molar-refractivity contribution in [3.63, 3.8) is 0 Å². The Morgan fingerprint density at radius 2 is 1.69 bits per heavy atom. The molecule has 0 unspecified atom stereocenters. The monoisotopic (exact) mass is 497 g/mol. The summed E-state index contributed by atoms with van der Waals surface area (Å²) in [6, 6.07) is 14.2. The summed E-state index contributed by atoms with van der Waals surface area (Å²) in [7, 11) is -0.951. The van der Waals surface area contributed by atoms with E-state index in [2.05, 4.69) is 15.0 Å². The van der Waals surface area contributed by atoms with Crippen LogP contribution in [0.5, 0.6) is 23.1 Å². The van der Waals surface area contributed by atoms with Crippen LogP contribution in [0.15, 0.2) is 65.7 Å². The Labute approximate surface area is 204 Å². The normalized spacial score (nSPS) is 13.8. The zero-order valence-corrected chi connectivity index (χ0v) is 20.3. The lowest BCUT2D eigenvalue weighted by molar-refractivity contribution is 0.0935. The molecular formula is C25H27N3O6S. The number of nitrogens with zero attached hydrogens (tertiary/aromatic N) is 1. The summed E-state index contributed by atoms with van der Waals surface area (Å²) in [5, 5.41) is 3.03.